The van der Waals surface area contributed by atoms with Crippen LogP contribution in [0.1, 0.15) is 18.4 Å². The summed E-state index contributed by atoms with van der Waals surface area (Å²) in [4.78, 5) is 2.33. The van der Waals surface area contributed by atoms with Crippen molar-refractivity contribution in [3.63, 3.8) is 0 Å². The molecule has 0 aromatic heterocycles. The smallest absolute Gasteiger partial charge is 0.163 e. The minimum atomic E-state index is 0.411. The van der Waals surface area contributed by atoms with Gasteiger partial charge in [-0.05, 0) is 38.9 Å². The highest BCUT2D eigenvalue weighted by atomic mass is 16.5. The van der Waals surface area contributed by atoms with Crippen molar-refractivity contribution in [2.75, 3.05) is 39.6 Å². The number of hydrogen-bond donors (Lipinski definition) is 1. The molecular formula is C15H21N3O2. The summed E-state index contributed by atoms with van der Waals surface area (Å²) in [7, 11) is 3.70. The van der Waals surface area contributed by atoms with Crippen molar-refractivity contribution in [2.24, 2.45) is 5.92 Å². The van der Waals surface area contributed by atoms with Gasteiger partial charge in [-0.25, -0.2) is 0 Å². The Hall–Kier alpha value is -1.93. The number of piperidine rings is 1. The van der Waals surface area contributed by atoms with Crippen LogP contribution >= 0.6 is 0 Å². The molecule has 0 saturated carbocycles. The molecule has 0 amide bonds. The molecule has 0 aliphatic carbocycles. The zero-order valence-corrected chi connectivity index (χ0v) is 12.1. The molecule has 0 bridgehead atoms. The Morgan fingerprint density at radius 1 is 1.35 bits per heavy atom. The zero-order chi connectivity index (χ0) is 14.5. The number of ether oxygens (including phenoxy) is 2. The number of nitrogen functional groups attached to an aromatic ring is 1. The van der Waals surface area contributed by atoms with Gasteiger partial charge in [-0.15, -0.1) is 0 Å². The van der Waals surface area contributed by atoms with Crippen molar-refractivity contribution in [1.82, 2.24) is 4.90 Å². The highest BCUT2D eigenvalue weighted by Gasteiger charge is 2.18. The molecule has 0 unspecified atom stereocenters. The summed E-state index contributed by atoms with van der Waals surface area (Å²) in [6.45, 7) is 2.89. The SMILES string of the molecule is COc1cc(C#N)c(N)cc1OCC1CCN(C)CC1. The summed E-state index contributed by atoms with van der Waals surface area (Å²) in [5.41, 5.74) is 6.65. The zero-order valence-electron chi connectivity index (χ0n) is 12.1. The monoisotopic (exact) mass is 275 g/mol. The molecule has 0 spiro atoms. The van der Waals surface area contributed by atoms with E-state index in [0.29, 0.717) is 35.3 Å². The number of rotatable bonds is 4. The molecule has 20 heavy (non-hydrogen) atoms. The quantitative estimate of drug-likeness (QED) is 0.849. The van der Waals surface area contributed by atoms with Crippen molar-refractivity contribution >= 4 is 5.69 Å². The Kier molecular flexibility index (Phi) is 4.70. The Bertz CT molecular complexity index is 503. The van der Waals surface area contributed by atoms with Crippen molar-refractivity contribution in [1.29, 1.82) is 5.26 Å². The molecule has 0 atom stereocenters. The van der Waals surface area contributed by atoms with Crippen LogP contribution in [0.5, 0.6) is 11.5 Å². The number of nitriles is 1. The molecule has 1 aromatic rings. The van der Waals surface area contributed by atoms with Gasteiger partial charge in [-0.2, -0.15) is 5.26 Å². The minimum absolute atomic E-state index is 0.411. The third kappa shape index (κ3) is 3.34. The first kappa shape index (κ1) is 14.5. The Balaban J connectivity index is 2.02. The van der Waals surface area contributed by atoms with E-state index in [1.807, 2.05) is 6.07 Å². The summed E-state index contributed by atoms with van der Waals surface area (Å²) in [6, 6.07) is 5.34. The van der Waals surface area contributed by atoms with Gasteiger partial charge in [-0.1, -0.05) is 0 Å². The van der Waals surface area contributed by atoms with Crippen LogP contribution in [0.3, 0.4) is 0 Å². The van der Waals surface area contributed by atoms with E-state index in [2.05, 4.69) is 11.9 Å². The number of methoxy groups -OCH3 is 1. The lowest BCUT2D eigenvalue weighted by Gasteiger charge is -2.28. The number of nitrogens with two attached hydrogens (primary N) is 1. The molecule has 2 N–H and O–H groups in total. The molecule has 1 saturated heterocycles. The van der Waals surface area contributed by atoms with Crippen molar-refractivity contribution in [2.45, 2.75) is 12.8 Å². The normalized spacial score (nSPS) is 16.6. The third-order valence-corrected chi connectivity index (χ3v) is 3.77. The molecule has 5 nitrogen and oxygen atoms in total. The molecule has 1 aliphatic rings. The van der Waals surface area contributed by atoms with Gasteiger partial charge in [0.2, 0.25) is 0 Å². The first-order valence-electron chi connectivity index (χ1n) is 6.83. The van der Waals surface area contributed by atoms with Gasteiger partial charge in [0.15, 0.2) is 11.5 Å². The van der Waals surface area contributed by atoms with E-state index in [1.165, 1.54) is 0 Å². The Morgan fingerprint density at radius 3 is 2.65 bits per heavy atom. The molecule has 5 heteroatoms. The van der Waals surface area contributed by atoms with Gasteiger partial charge in [0.1, 0.15) is 6.07 Å². The molecule has 1 fully saturated rings. The predicted molar refractivity (Wildman–Crippen MR) is 77.8 cm³/mol. The summed E-state index contributed by atoms with van der Waals surface area (Å²) in [5.74, 6) is 1.74. The van der Waals surface area contributed by atoms with Crippen LogP contribution in [-0.2, 0) is 0 Å². The number of anilines is 1. The molecular weight excluding hydrogens is 254 g/mol. The summed E-state index contributed by atoms with van der Waals surface area (Å²) in [5, 5.41) is 8.96. The summed E-state index contributed by atoms with van der Waals surface area (Å²) < 4.78 is 11.1. The van der Waals surface area contributed by atoms with E-state index in [9.17, 15) is 0 Å². The van der Waals surface area contributed by atoms with E-state index >= 15 is 0 Å². The van der Waals surface area contributed by atoms with Gasteiger partial charge < -0.3 is 20.1 Å². The molecule has 0 radical (unpaired) electrons. The lowest BCUT2D eigenvalue weighted by Crippen LogP contribution is -2.32. The summed E-state index contributed by atoms with van der Waals surface area (Å²) in [6.07, 6.45) is 2.29. The number of benzene rings is 1. The van der Waals surface area contributed by atoms with Crippen LogP contribution in [0.2, 0.25) is 0 Å². The highest BCUT2D eigenvalue weighted by molar-refractivity contribution is 5.62. The Morgan fingerprint density at radius 2 is 2.05 bits per heavy atom. The maximum atomic E-state index is 8.96. The average molecular weight is 275 g/mol. The molecule has 2 rings (SSSR count). The minimum Gasteiger partial charge on any atom is -0.493 e. The maximum Gasteiger partial charge on any atom is 0.163 e. The second-order valence-electron chi connectivity index (χ2n) is 5.26. The highest BCUT2D eigenvalue weighted by Crippen LogP contribution is 2.32. The topological polar surface area (TPSA) is 71.5 Å². The van der Waals surface area contributed by atoms with E-state index in [4.69, 9.17) is 20.5 Å². The van der Waals surface area contributed by atoms with Crippen molar-refractivity contribution in [3.05, 3.63) is 17.7 Å². The van der Waals surface area contributed by atoms with E-state index in [1.54, 1.807) is 19.2 Å². The number of nitrogens with zero attached hydrogens (tertiary/aromatic N) is 2. The second kappa shape index (κ2) is 6.49. The fourth-order valence-corrected chi connectivity index (χ4v) is 2.38. The van der Waals surface area contributed by atoms with Gasteiger partial charge in [0.25, 0.3) is 0 Å². The van der Waals surface area contributed by atoms with Gasteiger partial charge >= 0.3 is 0 Å². The number of likely N-dealkylation sites (tertiary alicyclic amines) is 1. The van der Waals surface area contributed by atoms with E-state index in [-0.39, 0.29) is 0 Å². The van der Waals surface area contributed by atoms with Crippen molar-refractivity contribution in [3.8, 4) is 17.6 Å². The average Bonchev–Trinajstić information content (AvgIpc) is 2.46. The summed E-state index contributed by atoms with van der Waals surface area (Å²) >= 11 is 0. The molecule has 1 aromatic carbocycles. The number of hydrogen-bond acceptors (Lipinski definition) is 5. The lowest BCUT2D eigenvalue weighted by atomic mass is 9.98. The largest absolute Gasteiger partial charge is 0.493 e. The van der Waals surface area contributed by atoms with Crippen LogP contribution in [0.15, 0.2) is 12.1 Å². The molecule has 108 valence electrons. The first-order valence-corrected chi connectivity index (χ1v) is 6.83. The maximum absolute atomic E-state index is 8.96. The van der Waals surface area contributed by atoms with Gasteiger partial charge in [0, 0.05) is 12.1 Å². The molecule has 1 heterocycles. The molecule has 1 aliphatic heterocycles. The van der Waals surface area contributed by atoms with Crippen LogP contribution in [-0.4, -0.2) is 38.8 Å². The van der Waals surface area contributed by atoms with Crippen LogP contribution < -0.4 is 15.2 Å². The standard InChI is InChI=1S/C15H21N3O2/c1-18-5-3-11(4-6-18)10-20-15-8-13(17)12(9-16)7-14(15)19-2/h7-8,11H,3-6,10,17H2,1-2H3. The van der Waals surface area contributed by atoms with E-state index < -0.39 is 0 Å². The fourth-order valence-electron chi connectivity index (χ4n) is 2.38. The van der Waals surface area contributed by atoms with Gasteiger partial charge in [-0.3, -0.25) is 0 Å². The Labute approximate surface area is 119 Å². The lowest BCUT2D eigenvalue weighted by molar-refractivity contribution is 0.157. The second-order valence-corrected chi connectivity index (χ2v) is 5.26. The van der Waals surface area contributed by atoms with E-state index in [0.717, 1.165) is 25.9 Å². The first-order chi connectivity index (χ1) is 9.63. The van der Waals surface area contributed by atoms with Crippen LogP contribution in [0.25, 0.3) is 0 Å². The van der Waals surface area contributed by atoms with Crippen LogP contribution in [0, 0.1) is 17.2 Å². The van der Waals surface area contributed by atoms with Crippen LogP contribution in [0.4, 0.5) is 5.69 Å². The van der Waals surface area contributed by atoms with Crippen molar-refractivity contribution < 1.29 is 9.47 Å². The van der Waals surface area contributed by atoms with Gasteiger partial charge in [0.05, 0.1) is 25.0 Å². The fraction of sp³-hybridized carbons (Fsp3) is 0.533. The predicted octanol–water partition coefficient (Wildman–Crippen LogP) is 1.87. The third-order valence-electron chi connectivity index (χ3n) is 3.77.